The van der Waals surface area contributed by atoms with E-state index in [0.717, 1.165) is 38.5 Å². The van der Waals surface area contributed by atoms with Crippen molar-refractivity contribution in [1.29, 1.82) is 0 Å². The number of nitrogens with zero attached hydrogens (tertiary/aromatic N) is 2. The fraction of sp³-hybridized carbons (Fsp3) is 0.733. The number of hydrogen-bond acceptors (Lipinski definition) is 7. The zero-order valence-electron chi connectivity index (χ0n) is 14.1. The van der Waals surface area contributed by atoms with E-state index in [1.807, 2.05) is 5.38 Å². The molecule has 2 aliphatic heterocycles. The lowest BCUT2D eigenvalue weighted by atomic mass is 9.79. The molecule has 3 rings (SSSR count). The van der Waals surface area contributed by atoms with Crippen molar-refractivity contribution in [2.75, 3.05) is 51.4 Å². The van der Waals surface area contributed by atoms with Gasteiger partial charge in [0.25, 0.3) is 0 Å². The molecule has 2 aliphatic rings. The summed E-state index contributed by atoms with van der Waals surface area (Å²) in [5.41, 5.74) is 6.34. The number of aromatic nitrogens is 1. The van der Waals surface area contributed by atoms with Gasteiger partial charge in [-0.3, -0.25) is 9.69 Å². The number of morpholine rings is 1. The van der Waals surface area contributed by atoms with Crippen molar-refractivity contribution in [3.05, 3.63) is 11.1 Å². The highest BCUT2D eigenvalue weighted by Crippen LogP contribution is 2.31. The number of nitrogens with two attached hydrogens (primary N) is 1. The molecule has 25 heavy (non-hydrogen) atoms. The summed E-state index contributed by atoms with van der Waals surface area (Å²) >= 11 is 1.47. The van der Waals surface area contributed by atoms with Crippen molar-refractivity contribution in [3.8, 4) is 0 Å². The highest BCUT2D eigenvalue weighted by molar-refractivity contribution is 7.13. The number of carbonyl (C=O) groups excluding carboxylic acids is 1. The van der Waals surface area contributed by atoms with Crippen molar-refractivity contribution in [2.24, 2.45) is 11.1 Å². The molecule has 0 spiro atoms. The molecule has 3 heterocycles. The van der Waals surface area contributed by atoms with Crippen LogP contribution in [-0.4, -0.2) is 61.9 Å². The molecule has 0 bridgehead atoms. The number of amides is 1. The van der Waals surface area contributed by atoms with Gasteiger partial charge in [-0.2, -0.15) is 0 Å². The van der Waals surface area contributed by atoms with Crippen molar-refractivity contribution in [1.82, 2.24) is 9.88 Å². The molecule has 0 radical (unpaired) electrons. The third kappa shape index (κ3) is 5.75. The Morgan fingerprint density at radius 3 is 2.52 bits per heavy atom. The highest BCUT2D eigenvalue weighted by atomic mass is 35.5. The molecular weight excluding hydrogens is 387 g/mol. The topological polar surface area (TPSA) is 89.7 Å². The van der Waals surface area contributed by atoms with E-state index in [2.05, 4.69) is 15.2 Å². The number of halogens is 2. The SMILES string of the molecule is Cl.Cl.NCC1(C(=O)Nc2nc(CN3CCOCC3)cs2)CCOCC1. The largest absolute Gasteiger partial charge is 0.381 e. The van der Waals surface area contributed by atoms with Gasteiger partial charge in [0.05, 0.1) is 24.3 Å². The number of anilines is 1. The summed E-state index contributed by atoms with van der Waals surface area (Å²) in [4.78, 5) is 19.5. The standard InChI is InChI=1S/C15H24N4O3S.2ClH/c16-11-15(1-5-21-6-2-15)13(20)18-14-17-12(10-23-14)9-19-3-7-22-8-4-19;;/h10H,1-9,11,16H2,(H,17,18,20);2*1H. The van der Waals surface area contributed by atoms with E-state index < -0.39 is 5.41 Å². The van der Waals surface area contributed by atoms with E-state index >= 15 is 0 Å². The predicted octanol–water partition coefficient (Wildman–Crippen LogP) is 1.51. The molecule has 2 saturated heterocycles. The summed E-state index contributed by atoms with van der Waals surface area (Å²) in [6.07, 6.45) is 1.34. The molecule has 2 fully saturated rings. The van der Waals surface area contributed by atoms with E-state index in [1.54, 1.807) is 0 Å². The van der Waals surface area contributed by atoms with Crippen LogP contribution in [0.4, 0.5) is 5.13 Å². The van der Waals surface area contributed by atoms with E-state index in [9.17, 15) is 4.79 Å². The average Bonchev–Trinajstić information content (AvgIpc) is 3.03. The molecule has 144 valence electrons. The van der Waals surface area contributed by atoms with E-state index in [4.69, 9.17) is 15.2 Å². The second-order valence-electron chi connectivity index (χ2n) is 6.08. The zero-order valence-corrected chi connectivity index (χ0v) is 16.5. The van der Waals surface area contributed by atoms with E-state index in [-0.39, 0.29) is 30.7 Å². The van der Waals surface area contributed by atoms with E-state index in [0.29, 0.717) is 37.7 Å². The van der Waals surface area contributed by atoms with Crippen molar-refractivity contribution in [2.45, 2.75) is 19.4 Å². The number of rotatable bonds is 5. The summed E-state index contributed by atoms with van der Waals surface area (Å²) < 4.78 is 10.7. The fourth-order valence-corrected chi connectivity index (χ4v) is 3.64. The zero-order chi connectivity index (χ0) is 16.1. The molecule has 3 N–H and O–H groups in total. The number of hydrogen-bond donors (Lipinski definition) is 2. The fourth-order valence-electron chi connectivity index (χ4n) is 2.94. The lowest BCUT2D eigenvalue weighted by Gasteiger charge is -2.34. The quantitative estimate of drug-likeness (QED) is 0.761. The number of ether oxygens (including phenoxy) is 2. The van der Waals surface area contributed by atoms with Crippen LogP contribution in [-0.2, 0) is 20.8 Å². The van der Waals surface area contributed by atoms with Gasteiger partial charge < -0.3 is 20.5 Å². The Labute approximate surface area is 164 Å². The lowest BCUT2D eigenvalue weighted by molar-refractivity contribution is -0.130. The monoisotopic (exact) mass is 412 g/mol. The number of thiazole rings is 1. The van der Waals surface area contributed by atoms with Crippen LogP contribution in [0.3, 0.4) is 0 Å². The Bertz CT molecular complexity index is 535. The second kappa shape index (κ2) is 10.6. The second-order valence-corrected chi connectivity index (χ2v) is 6.94. The molecule has 0 aromatic carbocycles. The first kappa shape index (κ1) is 22.6. The summed E-state index contributed by atoms with van der Waals surface area (Å²) in [5, 5.41) is 5.61. The first-order valence-electron chi connectivity index (χ1n) is 8.06. The van der Waals surface area contributed by atoms with Gasteiger partial charge in [-0.25, -0.2) is 4.98 Å². The van der Waals surface area contributed by atoms with Crippen LogP contribution in [0.1, 0.15) is 18.5 Å². The molecule has 0 saturated carbocycles. The van der Waals surface area contributed by atoms with Crippen molar-refractivity contribution >= 4 is 47.2 Å². The summed E-state index contributed by atoms with van der Waals surface area (Å²) in [7, 11) is 0. The third-order valence-electron chi connectivity index (χ3n) is 4.58. The molecular formula is C15H26Cl2N4O3S. The van der Waals surface area contributed by atoms with Crippen LogP contribution in [0.15, 0.2) is 5.38 Å². The molecule has 1 aromatic heterocycles. The minimum atomic E-state index is -0.520. The van der Waals surface area contributed by atoms with Gasteiger partial charge in [-0.15, -0.1) is 36.2 Å². The van der Waals surface area contributed by atoms with Crippen LogP contribution < -0.4 is 11.1 Å². The molecule has 7 nitrogen and oxygen atoms in total. The third-order valence-corrected chi connectivity index (χ3v) is 5.39. The first-order chi connectivity index (χ1) is 11.2. The first-order valence-corrected chi connectivity index (χ1v) is 8.94. The number of carbonyl (C=O) groups is 1. The van der Waals surface area contributed by atoms with Crippen LogP contribution in [0.5, 0.6) is 0 Å². The molecule has 10 heteroatoms. The van der Waals surface area contributed by atoms with Gasteiger partial charge in [0, 0.05) is 44.8 Å². The molecule has 1 amide bonds. The van der Waals surface area contributed by atoms with Gasteiger partial charge in [0.15, 0.2) is 5.13 Å². The Morgan fingerprint density at radius 2 is 1.88 bits per heavy atom. The Balaban J connectivity index is 0.00000156. The van der Waals surface area contributed by atoms with Gasteiger partial charge in [-0.05, 0) is 12.8 Å². The Kier molecular flexibility index (Phi) is 9.58. The Morgan fingerprint density at radius 1 is 1.24 bits per heavy atom. The van der Waals surface area contributed by atoms with Crippen LogP contribution in [0.25, 0.3) is 0 Å². The van der Waals surface area contributed by atoms with Gasteiger partial charge >= 0.3 is 0 Å². The van der Waals surface area contributed by atoms with E-state index in [1.165, 1.54) is 11.3 Å². The summed E-state index contributed by atoms with van der Waals surface area (Å²) in [6, 6.07) is 0. The highest BCUT2D eigenvalue weighted by Gasteiger charge is 2.39. The van der Waals surface area contributed by atoms with Crippen LogP contribution >= 0.6 is 36.2 Å². The smallest absolute Gasteiger partial charge is 0.233 e. The number of nitrogens with one attached hydrogen (secondary N) is 1. The van der Waals surface area contributed by atoms with Gasteiger partial charge in [-0.1, -0.05) is 0 Å². The normalized spacial score (nSPS) is 20.2. The van der Waals surface area contributed by atoms with Gasteiger partial charge in [0.1, 0.15) is 0 Å². The molecule has 0 atom stereocenters. The van der Waals surface area contributed by atoms with Crippen molar-refractivity contribution in [3.63, 3.8) is 0 Å². The van der Waals surface area contributed by atoms with Gasteiger partial charge in [0.2, 0.25) is 5.91 Å². The molecule has 0 aliphatic carbocycles. The molecule has 1 aromatic rings. The van der Waals surface area contributed by atoms with Crippen molar-refractivity contribution < 1.29 is 14.3 Å². The summed E-state index contributed by atoms with van der Waals surface area (Å²) in [6.45, 7) is 5.71. The van der Waals surface area contributed by atoms with Crippen LogP contribution in [0, 0.1) is 5.41 Å². The summed E-state index contributed by atoms with van der Waals surface area (Å²) in [5.74, 6) is -0.0319. The minimum absolute atomic E-state index is 0. The average molecular weight is 413 g/mol. The maximum Gasteiger partial charge on any atom is 0.233 e. The predicted molar refractivity (Wildman–Crippen MR) is 103 cm³/mol. The van der Waals surface area contributed by atoms with Crippen LogP contribution in [0.2, 0.25) is 0 Å². The molecule has 0 unspecified atom stereocenters. The maximum atomic E-state index is 12.6. The minimum Gasteiger partial charge on any atom is -0.381 e. The maximum absolute atomic E-state index is 12.6. The lowest BCUT2D eigenvalue weighted by Crippen LogP contribution is -2.46. The Hall–Kier alpha value is -0.480.